The molecule has 7 nitrogen and oxygen atoms in total. The number of nitrogens with zero attached hydrogens (tertiary/aromatic N) is 5. The topological polar surface area (TPSA) is 72.6 Å². The van der Waals surface area contributed by atoms with Crippen molar-refractivity contribution in [3.05, 3.63) is 62.0 Å². The SMILES string of the molecule is CCCCN1C(=O)/C(=C\c2c(C)c(C#N)c(=O)n(CC)c2N2CCN(c3ccccc3F)CC2)SC1=S. The van der Waals surface area contributed by atoms with Gasteiger partial charge in [-0.3, -0.25) is 19.1 Å². The van der Waals surface area contributed by atoms with Crippen molar-refractivity contribution in [3.8, 4) is 6.07 Å². The summed E-state index contributed by atoms with van der Waals surface area (Å²) in [4.78, 5) is 32.6. The van der Waals surface area contributed by atoms with Crippen LogP contribution in [0.5, 0.6) is 0 Å². The molecule has 4 rings (SSSR count). The van der Waals surface area contributed by atoms with E-state index in [2.05, 4.69) is 17.9 Å². The van der Waals surface area contributed by atoms with Crippen molar-refractivity contribution in [2.75, 3.05) is 42.5 Å². The van der Waals surface area contributed by atoms with Crippen molar-refractivity contribution in [2.45, 2.75) is 40.2 Å². The molecule has 37 heavy (non-hydrogen) atoms. The van der Waals surface area contributed by atoms with Crippen LogP contribution >= 0.6 is 24.0 Å². The number of anilines is 2. The highest BCUT2D eigenvalue weighted by atomic mass is 32.2. The lowest BCUT2D eigenvalue weighted by atomic mass is 10.0. The second-order valence-electron chi connectivity index (χ2n) is 9.01. The highest BCUT2D eigenvalue weighted by Crippen LogP contribution is 2.36. The number of rotatable bonds is 7. The van der Waals surface area contributed by atoms with E-state index in [1.807, 2.05) is 17.9 Å². The maximum atomic E-state index is 14.4. The number of unbranched alkanes of at least 4 members (excludes halogenated alkanes) is 1. The number of thiocarbonyl (C=S) groups is 1. The fraction of sp³-hybridized carbons (Fsp3) is 0.407. The van der Waals surface area contributed by atoms with E-state index in [-0.39, 0.29) is 22.8 Å². The minimum absolute atomic E-state index is 0.0725. The number of hydrogen-bond acceptors (Lipinski definition) is 7. The van der Waals surface area contributed by atoms with Crippen LogP contribution in [0.1, 0.15) is 43.4 Å². The van der Waals surface area contributed by atoms with Gasteiger partial charge in [-0.25, -0.2) is 4.39 Å². The highest BCUT2D eigenvalue weighted by Gasteiger charge is 2.33. The fourth-order valence-corrected chi connectivity index (χ4v) is 6.08. The summed E-state index contributed by atoms with van der Waals surface area (Å²) in [5.74, 6) is 0.267. The molecule has 2 fully saturated rings. The van der Waals surface area contributed by atoms with E-state index in [1.165, 1.54) is 17.8 Å². The number of nitriles is 1. The number of hydrogen-bond donors (Lipinski definition) is 0. The molecule has 0 atom stereocenters. The summed E-state index contributed by atoms with van der Waals surface area (Å²) in [6, 6.07) is 8.78. The average Bonchev–Trinajstić information content (AvgIpc) is 3.16. The third kappa shape index (κ3) is 5.15. The van der Waals surface area contributed by atoms with Crippen molar-refractivity contribution in [3.63, 3.8) is 0 Å². The first-order valence-electron chi connectivity index (χ1n) is 12.5. The molecule has 0 spiro atoms. The molecule has 2 saturated heterocycles. The molecule has 194 valence electrons. The quantitative estimate of drug-likeness (QED) is 0.379. The number of carbonyl (C=O) groups excluding carboxylic acids is 1. The molecule has 2 aromatic rings. The largest absolute Gasteiger partial charge is 0.366 e. The molecule has 2 aliphatic heterocycles. The summed E-state index contributed by atoms with van der Waals surface area (Å²) < 4.78 is 16.5. The second-order valence-corrected chi connectivity index (χ2v) is 10.7. The Morgan fingerprint density at radius 2 is 1.81 bits per heavy atom. The number of amides is 1. The van der Waals surface area contributed by atoms with E-state index in [0.717, 1.165) is 12.8 Å². The zero-order valence-electron chi connectivity index (χ0n) is 21.3. The van der Waals surface area contributed by atoms with Crippen LogP contribution in [-0.4, -0.2) is 52.4 Å². The van der Waals surface area contributed by atoms with Crippen LogP contribution in [0.25, 0.3) is 6.08 Å². The van der Waals surface area contributed by atoms with Gasteiger partial charge in [0.15, 0.2) is 0 Å². The number of thioether (sulfide) groups is 1. The van der Waals surface area contributed by atoms with Gasteiger partial charge in [0.05, 0.1) is 10.6 Å². The van der Waals surface area contributed by atoms with Crippen LogP contribution in [0.4, 0.5) is 15.9 Å². The molecule has 1 aromatic carbocycles. The Morgan fingerprint density at radius 1 is 1.14 bits per heavy atom. The van der Waals surface area contributed by atoms with Gasteiger partial charge in [-0.2, -0.15) is 5.26 Å². The van der Waals surface area contributed by atoms with E-state index >= 15 is 0 Å². The number of carbonyl (C=O) groups is 1. The van der Waals surface area contributed by atoms with Crippen molar-refractivity contribution in [1.29, 1.82) is 5.26 Å². The summed E-state index contributed by atoms with van der Waals surface area (Å²) in [5.41, 5.74) is 1.50. The Morgan fingerprint density at radius 3 is 2.43 bits per heavy atom. The zero-order valence-corrected chi connectivity index (χ0v) is 22.9. The molecule has 3 heterocycles. The predicted octanol–water partition coefficient (Wildman–Crippen LogP) is 4.52. The van der Waals surface area contributed by atoms with Gasteiger partial charge in [-0.1, -0.05) is 49.5 Å². The van der Waals surface area contributed by atoms with Crippen molar-refractivity contribution >= 4 is 51.8 Å². The second kappa shape index (κ2) is 11.5. The van der Waals surface area contributed by atoms with Crippen LogP contribution in [0.3, 0.4) is 0 Å². The lowest BCUT2D eigenvalue weighted by Gasteiger charge is -2.39. The maximum absolute atomic E-state index is 14.4. The molecule has 0 aliphatic carbocycles. The van der Waals surface area contributed by atoms with Gasteiger partial charge >= 0.3 is 0 Å². The van der Waals surface area contributed by atoms with Crippen LogP contribution in [-0.2, 0) is 11.3 Å². The number of halogens is 1. The van der Waals surface area contributed by atoms with Gasteiger partial charge in [0.25, 0.3) is 11.5 Å². The third-order valence-electron chi connectivity index (χ3n) is 6.82. The van der Waals surface area contributed by atoms with Crippen molar-refractivity contribution in [1.82, 2.24) is 9.47 Å². The first-order chi connectivity index (χ1) is 17.8. The van der Waals surface area contributed by atoms with Gasteiger partial charge in [0, 0.05) is 44.8 Å². The zero-order chi connectivity index (χ0) is 26.7. The number of aromatic nitrogens is 1. The highest BCUT2D eigenvalue weighted by molar-refractivity contribution is 8.26. The predicted molar refractivity (Wildman–Crippen MR) is 151 cm³/mol. The van der Waals surface area contributed by atoms with E-state index in [0.29, 0.717) is 71.1 Å². The average molecular weight is 540 g/mol. The molecule has 10 heteroatoms. The smallest absolute Gasteiger partial charge is 0.270 e. The minimum Gasteiger partial charge on any atom is -0.366 e. The lowest BCUT2D eigenvalue weighted by molar-refractivity contribution is -0.122. The van der Waals surface area contributed by atoms with E-state index in [4.69, 9.17) is 12.2 Å². The lowest BCUT2D eigenvalue weighted by Crippen LogP contribution is -2.49. The molecular formula is C27H30FN5O2S2. The maximum Gasteiger partial charge on any atom is 0.270 e. The van der Waals surface area contributed by atoms with E-state index in [9.17, 15) is 19.2 Å². The van der Waals surface area contributed by atoms with E-state index < -0.39 is 0 Å². The van der Waals surface area contributed by atoms with Crippen LogP contribution < -0.4 is 15.4 Å². The summed E-state index contributed by atoms with van der Waals surface area (Å²) in [6.07, 6.45) is 3.59. The standard InChI is InChI=1S/C27H30FN5O2S2/c1-4-6-11-33-26(35)23(37-27(33)36)16-19-18(3)20(17-29)25(34)32(5-2)24(19)31-14-12-30(13-15-31)22-10-8-7-9-21(22)28/h7-10,16H,4-6,11-15H2,1-3H3/b23-16+. The summed E-state index contributed by atoms with van der Waals surface area (Å²) in [6.45, 7) is 8.86. The minimum atomic E-state index is -0.346. The van der Waals surface area contributed by atoms with Crippen LogP contribution in [0.2, 0.25) is 0 Å². The van der Waals surface area contributed by atoms with Gasteiger partial charge in [0.2, 0.25) is 0 Å². The monoisotopic (exact) mass is 539 g/mol. The van der Waals surface area contributed by atoms with Gasteiger partial charge in [-0.05, 0) is 44.0 Å². The van der Waals surface area contributed by atoms with E-state index in [1.54, 1.807) is 34.6 Å². The molecule has 0 radical (unpaired) electrons. The fourth-order valence-electron chi connectivity index (χ4n) is 4.79. The molecular weight excluding hydrogens is 509 g/mol. The Hall–Kier alpha value is -3.16. The number of benzene rings is 1. The van der Waals surface area contributed by atoms with Crippen LogP contribution in [0, 0.1) is 24.1 Å². The van der Waals surface area contributed by atoms with Crippen molar-refractivity contribution < 1.29 is 9.18 Å². The van der Waals surface area contributed by atoms with Gasteiger partial charge in [0.1, 0.15) is 27.6 Å². The van der Waals surface area contributed by atoms with Crippen LogP contribution in [0.15, 0.2) is 34.0 Å². The molecule has 0 bridgehead atoms. The molecule has 0 unspecified atom stereocenters. The molecule has 0 saturated carbocycles. The number of para-hydroxylation sites is 1. The Labute approximate surface area is 226 Å². The third-order valence-corrected chi connectivity index (χ3v) is 8.20. The first-order valence-corrected chi connectivity index (χ1v) is 13.7. The molecule has 1 amide bonds. The molecule has 1 aromatic heterocycles. The number of piperazine rings is 1. The first kappa shape index (κ1) is 26.9. The summed E-state index contributed by atoms with van der Waals surface area (Å²) in [7, 11) is 0. The Balaban J connectivity index is 1.75. The van der Waals surface area contributed by atoms with Gasteiger partial charge < -0.3 is 9.80 Å². The summed E-state index contributed by atoms with van der Waals surface area (Å²) >= 11 is 6.73. The van der Waals surface area contributed by atoms with Crippen molar-refractivity contribution in [2.24, 2.45) is 0 Å². The van der Waals surface area contributed by atoms with Gasteiger partial charge in [-0.15, -0.1) is 0 Å². The summed E-state index contributed by atoms with van der Waals surface area (Å²) in [5, 5.41) is 9.78. The Kier molecular flexibility index (Phi) is 8.35. The number of pyridine rings is 1. The Bertz CT molecular complexity index is 1360. The molecule has 2 aliphatic rings. The normalized spacial score (nSPS) is 17.2. The molecule has 0 N–H and O–H groups in total.